The summed E-state index contributed by atoms with van der Waals surface area (Å²) in [5.41, 5.74) is 2.11. The summed E-state index contributed by atoms with van der Waals surface area (Å²) in [6, 6.07) is 10.4. The molecule has 0 radical (unpaired) electrons. The van der Waals surface area contributed by atoms with Gasteiger partial charge in [0, 0.05) is 19.3 Å². The molecule has 100 valence electrons. The highest BCUT2D eigenvalue weighted by molar-refractivity contribution is 5.75. The number of amides is 1. The molecule has 0 aliphatic rings. The van der Waals surface area contributed by atoms with Crippen molar-refractivity contribution in [1.29, 1.82) is 0 Å². The van der Waals surface area contributed by atoms with E-state index in [0.717, 1.165) is 5.69 Å². The number of carbonyl (C=O) groups excluding carboxylic acids is 1. The van der Waals surface area contributed by atoms with Crippen molar-refractivity contribution in [2.45, 2.75) is 19.5 Å². The number of nitrogens with zero attached hydrogens (tertiary/aromatic N) is 2. The fourth-order valence-corrected chi connectivity index (χ4v) is 1.83. The lowest BCUT2D eigenvalue weighted by Crippen LogP contribution is -2.23. The molecule has 1 heterocycles. The van der Waals surface area contributed by atoms with E-state index in [1.54, 1.807) is 17.9 Å². The molecule has 1 amide bonds. The van der Waals surface area contributed by atoms with Gasteiger partial charge in [-0.25, -0.2) is 0 Å². The van der Waals surface area contributed by atoms with Crippen LogP contribution in [-0.2, 0) is 11.3 Å². The van der Waals surface area contributed by atoms with Crippen LogP contribution in [0.25, 0.3) is 0 Å². The maximum atomic E-state index is 11.2. The summed E-state index contributed by atoms with van der Waals surface area (Å²) < 4.78 is 1.61. The van der Waals surface area contributed by atoms with Gasteiger partial charge in [0.05, 0.1) is 11.9 Å². The molecule has 1 aromatic heterocycles. The van der Waals surface area contributed by atoms with Crippen molar-refractivity contribution in [3.63, 3.8) is 0 Å². The van der Waals surface area contributed by atoms with Crippen molar-refractivity contribution in [1.82, 2.24) is 15.1 Å². The lowest BCUT2D eigenvalue weighted by molar-refractivity contribution is -0.121. The minimum atomic E-state index is -0.0641. The fourth-order valence-electron chi connectivity index (χ4n) is 1.83. The monoisotopic (exact) mass is 258 g/mol. The minimum Gasteiger partial charge on any atom is -0.376 e. The summed E-state index contributed by atoms with van der Waals surface area (Å²) in [6.07, 6.45) is 3.55. The Morgan fingerprint density at radius 3 is 2.79 bits per heavy atom. The lowest BCUT2D eigenvalue weighted by Gasteiger charge is -2.13. The molecule has 2 N–H and O–H groups in total. The zero-order valence-electron chi connectivity index (χ0n) is 11.1. The average Bonchev–Trinajstić information content (AvgIpc) is 2.86. The van der Waals surface area contributed by atoms with Crippen LogP contribution < -0.4 is 10.6 Å². The Morgan fingerprint density at radius 1 is 1.37 bits per heavy atom. The standard InChI is InChI=1S/C14H18N4O/c1-11(12-6-4-3-5-7-12)17-13-8-16-18(9-13)10-14(19)15-2/h3-9,11,17H,10H2,1-2H3,(H,15,19). The summed E-state index contributed by atoms with van der Waals surface area (Å²) in [7, 11) is 1.61. The first-order valence-corrected chi connectivity index (χ1v) is 6.23. The second kappa shape index (κ2) is 6.04. The van der Waals surface area contributed by atoms with Crippen molar-refractivity contribution in [2.75, 3.05) is 12.4 Å². The smallest absolute Gasteiger partial charge is 0.241 e. The van der Waals surface area contributed by atoms with Crippen molar-refractivity contribution in [3.05, 3.63) is 48.3 Å². The van der Waals surface area contributed by atoms with Crippen molar-refractivity contribution in [3.8, 4) is 0 Å². The van der Waals surface area contributed by atoms with Gasteiger partial charge in [0.25, 0.3) is 0 Å². The molecule has 2 rings (SSSR count). The molecule has 0 spiro atoms. The van der Waals surface area contributed by atoms with Crippen LogP contribution in [0.1, 0.15) is 18.5 Å². The minimum absolute atomic E-state index is 0.0641. The van der Waals surface area contributed by atoms with Crippen LogP contribution in [-0.4, -0.2) is 22.7 Å². The molecule has 5 heteroatoms. The van der Waals surface area contributed by atoms with Crippen molar-refractivity contribution >= 4 is 11.6 Å². The summed E-state index contributed by atoms with van der Waals surface area (Å²) in [4.78, 5) is 11.2. The highest BCUT2D eigenvalue weighted by Crippen LogP contribution is 2.18. The number of rotatable bonds is 5. The number of likely N-dealkylation sites (N-methyl/N-ethyl adjacent to an activating group) is 1. The Kier molecular flexibility index (Phi) is 4.18. The molecule has 1 unspecified atom stereocenters. The molecule has 19 heavy (non-hydrogen) atoms. The number of hydrogen-bond donors (Lipinski definition) is 2. The van der Waals surface area contributed by atoms with Crippen LogP contribution in [0.2, 0.25) is 0 Å². The van der Waals surface area contributed by atoms with Gasteiger partial charge >= 0.3 is 0 Å². The Labute approximate surface area is 112 Å². The molecule has 0 saturated carbocycles. The molecule has 1 atom stereocenters. The van der Waals surface area contributed by atoms with Gasteiger partial charge in [-0.15, -0.1) is 0 Å². The fraction of sp³-hybridized carbons (Fsp3) is 0.286. The van der Waals surface area contributed by atoms with Gasteiger partial charge in [0.15, 0.2) is 0 Å². The molecule has 0 bridgehead atoms. The first kappa shape index (κ1) is 13.1. The van der Waals surface area contributed by atoms with Crippen LogP contribution in [0.15, 0.2) is 42.7 Å². The summed E-state index contributed by atoms with van der Waals surface area (Å²) >= 11 is 0. The van der Waals surface area contributed by atoms with Gasteiger partial charge in [-0.3, -0.25) is 9.48 Å². The predicted molar refractivity (Wildman–Crippen MR) is 74.8 cm³/mol. The van der Waals surface area contributed by atoms with E-state index in [0.29, 0.717) is 0 Å². The van der Waals surface area contributed by atoms with E-state index < -0.39 is 0 Å². The van der Waals surface area contributed by atoms with Crippen LogP contribution in [0.4, 0.5) is 5.69 Å². The number of anilines is 1. The van der Waals surface area contributed by atoms with E-state index in [2.05, 4.69) is 34.8 Å². The van der Waals surface area contributed by atoms with Crippen LogP contribution >= 0.6 is 0 Å². The molecular formula is C14H18N4O. The van der Waals surface area contributed by atoms with E-state index >= 15 is 0 Å². The van der Waals surface area contributed by atoms with Crippen LogP contribution in [0.3, 0.4) is 0 Å². The molecule has 0 aliphatic heterocycles. The largest absolute Gasteiger partial charge is 0.376 e. The van der Waals surface area contributed by atoms with E-state index in [1.807, 2.05) is 24.4 Å². The molecule has 0 saturated heterocycles. The van der Waals surface area contributed by atoms with Crippen molar-refractivity contribution in [2.24, 2.45) is 0 Å². The van der Waals surface area contributed by atoms with E-state index in [9.17, 15) is 4.79 Å². The van der Waals surface area contributed by atoms with Crippen molar-refractivity contribution < 1.29 is 4.79 Å². The normalized spacial score (nSPS) is 11.9. The number of aromatic nitrogens is 2. The third-order valence-electron chi connectivity index (χ3n) is 2.90. The van der Waals surface area contributed by atoms with Gasteiger partial charge in [-0.05, 0) is 12.5 Å². The highest BCUT2D eigenvalue weighted by Gasteiger charge is 2.07. The third-order valence-corrected chi connectivity index (χ3v) is 2.90. The molecule has 0 aliphatic carbocycles. The molecule has 2 aromatic rings. The number of nitrogens with one attached hydrogen (secondary N) is 2. The zero-order chi connectivity index (χ0) is 13.7. The van der Waals surface area contributed by atoms with E-state index in [-0.39, 0.29) is 18.5 Å². The number of hydrogen-bond acceptors (Lipinski definition) is 3. The molecule has 5 nitrogen and oxygen atoms in total. The Bertz CT molecular complexity index is 535. The van der Waals surface area contributed by atoms with E-state index in [4.69, 9.17) is 0 Å². The maximum Gasteiger partial charge on any atom is 0.241 e. The first-order valence-electron chi connectivity index (χ1n) is 6.23. The summed E-state index contributed by atoms with van der Waals surface area (Å²) in [6.45, 7) is 2.32. The summed E-state index contributed by atoms with van der Waals surface area (Å²) in [5, 5.41) is 10.1. The molecular weight excluding hydrogens is 240 g/mol. The Hall–Kier alpha value is -2.30. The topological polar surface area (TPSA) is 59.0 Å². The number of benzene rings is 1. The Balaban J connectivity index is 1.98. The second-order valence-corrected chi connectivity index (χ2v) is 4.38. The third kappa shape index (κ3) is 3.58. The lowest BCUT2D eigenvalue weighted by atomic mass is 10.1. The number of carbonyl (C=O) groups is 1. The Morgan fingerprint density at radius 2 is 2.11 bits per heavy atom. The summed E-state index contributed by atoms with van der Waals surface area (Å²) in [5.74, 6) is -0.0641. The average molecular weight is 258 g/mol. The van der Waals surface area contributed by atoms with Gasteiger partial charge < -0.3 is 10.6 Å². The highest BCUT2D eigenvalue weighted by atomic mass is 16.1. The van der Waals surface area contributed by atoms with Gasteiger partial charge in [0.1, 0.15) is 6.54 Å². The van der Waals surface area contributed by atoms with Crippen LogP contribution in [0.5, 0.6) is 0 Å². The maximum absolute atomic E-state index is 11.2. The zero-order valence-corrected chi connectivity index (χ0v) is 11.1. The first-order chi connectivity index (χ1) is 9.19. The molecule has 0 fully saturated rings. The van der Waals surface area contributed by atoms with Gasteiger partial charge in [0.2, 0.25) is 5.91 Å². The SMILES string of the molecule is CNC(=O)Cn1cc(NC(C)c2ccccc2)cn1. The van der Waals surface area contributed by atoms with Crippen LogP contribution in [0, 0.1) is 0 Å². The predicted octanol–water partition coefficient (Wildman–Crippen LogP) is 1.80. The quantitative estimate of drug-likeness (QED) is 0.859. The second-order valence-electron chi connectivity index (χ2n) is 4.38. The van der Waals surface area contributed by atoms with Gasteiger partial charge in [-0.2, -0.15) is 5.10 Å². The van der Waals surface area contributed by atoms with E-state index in [1.165, 1.54) is 5.56 Å². The van der Waals surface area contributed by atoms with Gasteiger partial charge in [-0.1, -0.05) is 30.3 Å². The molecule has 1 aromatic carbocycles.